The highest BCUT2D eigenvalue weighted by atomic mass is 16.3. The van der Waals surface area contributed by atoms with Crippen LogP contribution in [0, 0.1) is 11.8 Å². The number of nitrogens with one attached hydrogen (secondary N) is 1. The number of anilines is 1. The normalized spacial score (nSPS) is 20.4. The maximum absolute atomic E-state index is 11.8. The molecule has 0 aromatic heterocycles. The molecule has 0 spiro atoms. The van der Waals surface area contributed by atoms with Crippen molar-refractivity contribution in [1.82, 2.24) is 0 Å². The largest absolute Gasteiger partial charge is 0.508 e. The topological polar surface area (TPSA) is 49.3 Å². The van der Waals surface area contributed by atoms with E-state index in [1.165, 1.54) is 25.7 Å². The molecule has 2 aliphatic carbocycles. The maximum Gasteiger partial charge on any atom is 0.227 e. The fraction of sp³-hybridized carbons (Fsp3) is 0.611. The number of amides is 1. The van der Waals surface area contributed by atoms with Crippen LogP contribution in [0.3, 0.4) is 0 Å². The van der Waals surface area contributed by atoms with Crippen molar-refractivity contribution in [2.24, 2.45) is 11.8 Å². The van der Waals surface area contributed by atoms with Crippen molar-refractivity contribution in [1.29, 1.82) is 0 Å². The van der Waals surface area contributed by atoms with E-state index in [9.17, 15) is 9.90 Å². The van der Waals surface area contributed by atoms with Gasteiger partial charge in [-0.2, -0.15) is 0 Å². The minimum atomic E-state index is 0.0879. The number of benzene rings is 1. The summed E-state index contributed by atoms with van der Waals surface area (Å²) in [5.74, 6) is 1.76. The predicted octanol–water partition coefficient (Wildman–Crippen LogP) is 4.42. The van der Waals surface area contributed by atoms with Crippen LogP contribution >= 0.6 is 0 Å². The molecule has 1 amide bonds. The van der Waals surface area contributed by atoms with Crippen LogP contribution in [-0.2, 0) is 4.79 Å². The fourth-order valence-corrected chi connectivity index (χ4v) is 3.69. The monoisotopic (exact) mass is 287 g/mol. The lowest BCUT2D eigenvalue weighted by Crippen LogP contribution is -2.14. The summed E-state index contributed by atoms with van der Waals surface area (Å²) in [5, 5.41) is 13.3. The average molecular weight is 287 g/mol. The summed E-state index contributed by atoms with van der Waals surface area (Å²) in [6.07, 6.45) is 8.24. The summed E-state index contributed by atoms with van der Waals surface area (Å²) in [5.41, 5.74) is 1.77. The summed E-state index contributed by atoms with van der Waals surface area (Å²) in [4.78, 5) is 11.8. The van der Waals surface area contributed by atoms with E-state index in [2.05, 4.69) is 12.2 Å². The molecule has 1 aromatic rings. The van der Waals surface area contributed by atoms with Gasteiger partial charge < -0.3 is 10.4 Å². The van der Waals surface area contributed by atoms with Gasteiger partial charge in [0, 0.05) is 17.7 Å². The lowest BCUT2D eigenvalue weighted by atomic mass is 9.82. The third-order valence-electron chi connectivity index (χ3n) is 5.05. The van der Waals surface area contributed by atoms with E-state index < -0.39 is 0 Å². The molecule has 1 unspecified atom stereocenters. The zero-order valence-corrected chi connectivity index (χ0v) is 12.8. The van der Waals surface area contributed by atoms with Crippen LogP contribution in [-0.4, -0.2) is 11.0 Å². The SMILES string of the molecule is CCC(c1ccc(NC(=O)C2CC2)cc1O)C1CCCC1. The third kappa shape index (κ3) is 3.22. The highest BCUT2D eigenvalue weighted by Gasteiger charge is 2.30. The quantitative estimate of drug-likeness (QED) is 0.842. The van der Waals surface area contributed by atoms with E-state index >= 15 is 0 Å². The second-order valence-electron chi connectivity index (χ2n) is 6.60. The van der Waals surface area contributed by atoms with E-state index in [0.717, 1.165) is 30.5 Å². The van der Waals surface area contributed by atoms with Gasteiger partial charge in [-0.3, -0.25) is 4.79 Å². The van der Waals surface area contributed by atoms with Gasteiger partial charge in [0.15, 0.2) is 0 Å². The first-order valence-corrected chi connectivity index (χ1v) is 8.32. The molecule has 21 heavy (non-hydrogen) atoms. The Labute approximate surface area is 126 Å². The predicted molar refractivity (Wildman–Crippen MR) is 84.5 cm³/mol. The number of carbonyl (C=O) groups is 1. The number of hydrogen-bond acceptors (Lipinski definition) is 2. The molecule has 3 heteroatoms. The second-order valence-corrected chi connectivity index (χ2v) is 6.60. The zero-order chi connectivity index (χ0) is 14.8. The van der Waals surface area contributed by atoms with Gasteiger partial charge in [-0.1, -0.05) is 25.8 Å². The first-order chi connectivity index (χ1) is 10.2. The molecule has 2 aliphatic rings. The van der Waals surface area contributed by atoms with Crippen LogP contribution < -0.4 is 5.32 Å². The minimum Gasteiger partial charge on any atom is -0.508 e. The van der Waals surface area contributed by atoms with Gasteiger partial charge in [0.25, 0.3) is 0 Å². The highest BCUT2D eigenvalue weighted by molar-refractivity contribution is 5.94. The van der Waals surface area contributed by atoms with E-state index in [0.29, 0.717) is 17.6 Å². The standard InChI is InChI=1S/C18H25NO2/c1-2-15(12-5-3-4-6-12)16-10-9-14(11-17(16)20)19-18(21)13-7-8-13/h9-13,15,20H,2-8H2,1H3,(H,19,21). The summed E-state index contributed by atoms with van der Waals surface area (Å²) in [6, 6.07) is 5.66. The third-order valence-corrected chi connectivity index (χ3v) is 5.05. The molecule has 2 N–H and O–H groups in total. The Hall–Kier alpha value is -1.51. The molecule has 3 nitrogen and oxygen atoms in total. The van der Waals surface area contributed by atoms with Crippen LogP contribution in [0.2, 0.25) is 0 Å². The van der Waals surface area contributed by atoms with Crippen molar-refractivity contribution in [2.75, 3.05) is 5.32 Å². The highest BCUT2D eigenvalue weighted by Crippen LogP contribution is 2.42. The number of hydrogen-bond donors (Lipinski definition) is 2. The fourth-order valence-electron chi connectivity index (χ4n) is 3.69. The van der Waals surface area contributed by atoms with Gasteiger partial charge >= 0.3 is 0 Å². The maximum atomic E-state index is 11.8. The summed E-state index contributed by atoms with van der Waals surface area (Å²) >= 11 is 0. The van der Waals surface area contributed by atoms with Crippen molar-refractivity contribution in [2.45, 2.75) is 57.8 Å². The molecule has 1 aromatic carbocycles. The molecule has 0 radical (unpaired) electrons. The van der Waals surface area contributed by atoms with Gasteiger partial charge in [0.2, 0.25) is 5.91 Å². The van der Waals surface area contributed by atoms with Gasteiger partial charge in [0.1, 0.15) is 5.75 Å². The molecule has 2 fully saturated rings. The van der Waals surface area contributed by atoms with E-state index in [-0.39, 0.29) is 11.8 Å². The Morgan fingerprint density at radius 3 is 2.57 bits per heavy atom. The minimum absolute atomic E-state index is 0.0879. The Morgan fingerprint density at radius 1 is 1.29 bits per heavy atom. The lowest BCUT2D eigenvalue weighted by Gasteiger charge is -2.23. The molecule has 3 rings (SSSR count). The van der Waals surface area contributed by atoms with Crippen LogP contribution in [0.5, 0.6) is 5.75 Å². The Morgan fingerprint density at radius 2 is 2.00 bits per heavy atom. The second kappa shape index (κ2) is 6.08. The number of phenolic OH excluding ortho intramolecular Hbond substituents is 1. The van der Waals surface area contributed by atoms with Gasteiger partial charge in [0.05, 0.1) is 0 Å². The van der Waals surface area contributed by atoms with Crippen LogP contribution in [0.15, 0.2) is 18.2 Å². The Bertz CT molecular complexity index is 516. The van der Waals surface area contributed by atoms with Crippen molar-refractivity contribution < 1.29 is 9.90 Å². The smallest absolute Gasteiger partial charge is 0.227 e. The Kier molecular flexibility index (Phi) is 4.18. The van der Waals surface area contributed by atoms with E-state index in [1.807, 2.05) is 12.1 Å². The lowest BCUT2D eigenvalue weighted by molar-refractivity contribution is -0.117. The first-order valence-electron chi connectivity index (χ1n) is 8.32. The molecular weight excluding hydrogens is 262 g/mol. The zero-order valence-electron chi connectivity index (χ0n) is 12.8. The molecule has 114 valence electrons. The van der Waals surface area contributed by atoms with Crippen molar-refractivity contribution >= 4 is 11.6 Å². The molecule has 2 saturated carbocycles. The molecular formula is C18H25NO2. The van der Waals surface area contributed by atoms with Crippen molar-refractivity contribution in [3.63, 3.8) is 0 Å². The number of aromatic hydroxyl groups is 1. The first kappa shape index (κ1) is 14.4. The molecule has 1 atom stereocenters. The van der Waals surface area contributed by atoms with Gasteiger partial charge in [-0.05, 0) is 55.6 Å². The number of rotatable bonds is 5. The summed E-state index contributed by atoms with van der Waals surface area (Å²) in [6.45, 7) is 2.20. The Balaban J connectivity index is 1.74. The summed E-state index contributed by atoms with van der Waals surface area (Å²) < 4.78 is 0. The van der Waals surface area contributed by atoms with Crippen LogP contribution in [0.1, 0.15) is 63.4 Å². The number of phenols is 1. The average Bonchev–Trinajstić information content (AvgIpc) is 3.19. The molecule has 0 bridgehead atoms. The van der Waals surface area contributed by atoms with Crippen molar-refractivity contribution in [3.8, 4) is 5.75 Å². The van der Waals surface area contributed by atoms with E-state index in [4.69, 9.17) is 0 Å². The van der Waals surface area contributed by atoms with Crippen LogP contribution in [0.25, 0.3) is 0 Å². The molecule has 0 heterocycles. The number of carbonyl (C=O) groups excluding carboxylic acids is 1. The summed E-state index contributed by atoms with van der Waals surface area (Å²) in [7, 11) is 0. The van der Waals surface area contributed by atoms with Gasteiger partial charge in [-0.25, -0.2) is 0 Å². The van der Waals surface area contributed by atoms with Crippen molar-refractivity contribution in [3.05, 3.63) is 23.8 Å². The molecule has 0 saturated heterocycles. The van der Waals surface area contributed by atoms with Gasteiger partial charge in [-0.15, -0.1) is 0 Å². The van der Waals surface area contributed by atoms with Crippen LogP contribution in [0.4, 0.5) is 5.69 Å². The molecule has 0 aliphatic heterocycles. The van der Waals surface area contributed by atoms with E-state index in [1.54, 1.807) is 6.07 Å².